The molecule has 1 saturated carbocycles. The number of esters is 4. The molecule has 1 heterocycles. The van der Waals surface area contributed by atoms with Gasteiger partial charge in [0.2, 0.25) is 0 Å². The van der Waals surface area contributed by atoms with Crippen molar-refractivity contribution >= 4 is 23.9 Å². The van der Waals surface area contributed by atoms with E-state index >= 15 is 0 Å². The van der Waals surface area contributed by atoms with Gasteiger partial charge in [-0.3, -0.25) is 19.2 Å². The lowest BCUT2D eigenvalue weighted by molar-refractivity contribution is -0.219. The number of carbonyl (C=O) groups is 4. The van der Waals surface area contributed by atoms with Gasteiger partial charge in [-0.1, -0.05) is 19.1 Å². The quantitative estimate of drug-likeness (QED) is 0.326. The Morgan fingerprint density at radius 2 is 1.59 bits per heavy atom. The van der Waals surface area contributed by atoms with Crippen LogP contribution in [0.2, 0.25) is 0 Å². The predicted molar refractivity (Wildman–Crippen MR) is 130 cm³/mol. The zero-order chi connectivity index (χ0) is 27.7. The van der Waals surface area contributed by atoms with E-state index in [9.17, 15) is 24.3 Å². The Kier molecular flexibility index (Phi) is 8.54. The number of carbonyl (C=O) groups excluding carboxylic acids is 4. The highest BCUT2D eigenvalue weighted by molar-refractivity contribution is 5.78. The third-order valence-electron chi connectivity index (χ3n) is 8.08. The van der Waals surface area contributed by atoms with Crippen LogP contribution in [0.15, 0.2) is 23.8 Å². The molecule has 1 aliphatic heterocycles. The number of fused-ring (bicyclic) bond motifs is 2. The van der Waals surface area contributed by atoms with Crippen LogP contribution in [0.3, 0.4) is 0 Å². The maximum absolute atomic E-state index is 12.8. The van der Waals surface area contributed by atoms with Gasteiger partial charge in [0, 0.05) is 33.8 Å². The maximum atomic E-state index is 12.8. The van der Waals surface area contributed by atoms with Gasteiger partial charge in [0.25, 0.3) is 0 Å². The molecule has 0 aromatic rings. The molecule has 10 nitrogen and oxygen atoms in total. The van der Waals surface area contributed by atoms with E-state index < -0.39 is 71.1 Å². The Morgan fingerprint density at radius 1 is 1.05 bits per heavy atom. The summed E-state index contributed by atoms with van der Waals surface area (Å²) in [5, 5.41) is 12.3. The summed E-state index contributed by atoms with van der Waals surface area (Å²) in [7, 11) is 1.51. The summed E-state index contributed by atoms with van der Waals surface area (Å²) in [4.78, 5) is 49.8. The molecule has 2 aliphatic carbocycles. The van der Waals surface area contributed by atoms with E-state index in [4.69, 9.17) is 23.7 Å². The minimum absolute atomic E-state index is 0.170. The molecule has 3 aliphatic rings. The van der Waals surface area contributed by atoms with Gasteiger partial charge >= 0.3 is 23.9 Å². The van der Waals surface area contributed by atoms with Crippen LogP contribution < -0.4 is 0 Å². The average molecular weight is 523 g/mol. The SMILES string of the molecule is C=C1CC[C@H](OC(C)=O)[C@]2(C)[C@@H](OC(C)=O)CCC(COC)=C[C@@H]3OC(=O)[C@H](C)[C@@]3(O)[C@@H](OC(C)=O)[C@@H]12. The largest absolute Gasteiger partial charge is 0.462 e. The van der Waals surface area contributed by atoms with Crippen molar-refractivity contribution in [3.8, 4) is 0 Å². The molecule has 37 heavy (non-hydrogen) atoms. The molecular formula is C27H38O10. The molecule has 0 aromatic carbocycles. The molecule has 0 bridgehead atoms. The summed E-state index contributed by atoms with van der Waals surface area (Å²) in [5.74, 6) is -4.31. The van der Waals surface area contributed by atoms with E-state index in [1.807, 2.05) is 0 Å². The third kappa shape index (κ3) is 5.31. The van der Waals surface area contributed by atoms with Crippen molar-refractivity contribution < 1.29 is 48.0 Å². The van der Waals surface area contributed by atoms with E-state index in [-0.39, 0.29) is 6.61 Å². The molecule has 0 unspecified atom stereocenters. The number of ether oxygens (including phenoxy) is 5. The molecule has 3 rings (SSSR count). The van der Waals surface area contributed by atoms with E-state index in [1.165, 1.54) is 34.8 Å². The molecule has 1 N–H and O–H groups in total. The van der Waals surface area contributed by atoms with Gasteiger partial charge in [0.05, 0.1) is 17.9 Å². The number of aliphatic hydroxyl groups is 1. The molecule has 8 atom stereocenters. The minimum atomic E-state index is -1.99. The predicted octanol–water partition coefficient (Wildman–Crippen LogP) is 2.41. The molecule has 2 fully saturated rings. The van der Waals surface area contributed by atoms with Crippen molar-refractivity contribution in [2.24, 2.45) is 17.3 Å². The summed E-state index contributed by atoms with van der Waals surface area (Å²) in [6, 6.07) is 0. The third-order valence-corrected chi connectivity index (χ3v) is 8.08. The zero-order valence-electron chi connectivity index (χ0n) is 22.4. The number of hydrogen-bond acceptors (Lipinski definition) is 10. The summed E-state index contributed by atoms with van der Waals surface area (Å²) in [5.41, 5.74) is -1.84. The normalized spacial score (nSPS) is 37.9. The highest BCUT2D eigenvalue weighted by Gasteiger charge is 2.67. The lowest BCUT2D eigenvalue weighted by Gasteiger charge is -2.55. The Hall–Kier alpha value is -2.72. The van der Waals surface area contributed by atoms with Crippen LogP contribution in [-0.4, -0.2) is 72.7 Å². The first-order valence-electron chi connectivity index (χ1n) is 12.6. The molecule has 0 aromatic heterocycles. The van der Waals surface area contributed by atoms with Crippen LogP contribution in [0.4, 0.5) is 0 Å². The van der Waals surface area contributed by atoms with Gasteiger partial charge in [0.15, 0.2) is 11.7 Å². The standard InChI is InChI=1S/C27H38O10/c1-14-8-10-20(34-16(3)28)26(6)21(35-17(4)29)11-9-19(13-33-7)12-22-27(32,15(2)25(31)37-22)24(23(14)26)36-18(5)30/h12,15,20-24,32H,1,8-11,13H2,2-7H3/t15-,20-,21-,22-,23+,24-,26+,27-/m0/s1. The van der Waals surface area contributed by atoms with Crippen LogP contribution in [0.1, 0.15) is 60.3 Å². The van der Waals surface area contributed by atoms with E-state index in [1.54, 1.807) is 13.0 Å². The minimum Gasteiger partial charge on any atom is -0.462 e. The monoisotopic (exact) mass is 522 g/mol. The lowest BCUT2D eigenvalue weighted by Crippen LogP contribution is -2.65. The second-order valence-electron chi connectivity index (χ2n) is 10.5. The molecule has 206 valence electrons. The van der Waals surface area contributed by atoms with Crippen LogP contribution in [-0.2, 0) is 42.9 Å². The van der Waals surface area contributed by atoms with Gasteiger partial charge in [-0.25, -0.2) is 0 Å². The molecule has 0 radical (unpaired) electrons. The molecule has 0 spiro atoms. The number of hydrogen-bond donors (Lipinski definition) is 1. The van der Waals surface area contributed by atoms with Crippen LogP contribution in [0.5, 0.6) is 0 Å². The van der Waals surface area contributed by atoms with Gasteiger partial charge in [0.1, 0.15) is 18.3 Å². The molecule has 1 saturated heterocycles. The zero-order valence-corrected chi connectivity index (χ0v) is 22.4. The van der Waals surface area contributed by atoms with Gasteiger partial charge < -0.3 is 28.8 Å². The van der Waals surface area contributed by atoms with Crippen molar-refractivity contribution in [2.75, 3.05) is 13.7 Å². The Labute approximate surface area is 217 Å². The van der Waals surface area contributed by atoms with E-state index in [0.717, 1.165) is 0 Å². The topological polar surface area (TPSA) is 135 Å². The Bertz CT molecular complexity index is 986. The van der Waals surface area contributed by atoms with Crippen LogP contribution >= 0.6 is 0 Å². The second kappa shape index (κ2) is 10.9. The summed E-state index contributed by atoms with van der Waals surface area (Å²) >= 11 is 0. The van der Waals surface area contributed by atoms with Gasteiger partial charge in [-0.2, -0.15) is 0 Å². The fourth-order valence-corrected chi connectivity index (χ4v) is 6.31. The van der Waals surface area contributed by atoms with Crippen molar-refractivity contribution in [2.45, 2.75) is 90.3 Å². The van der Waals surface area contributed by atoms with E-state index in [0.29, 0.717) is 36.8 Å². The number of methoxy groups -OCH3 is 1. The summed E-state index contributed by atoms with van der Waals surface area (Å²) in [6.45, 7) is 11.5. The Balaban J connectivity index is 2.35. The van der Waals surface area contributed by atoms with Gasteiger partial charge in [-0.15, -0.1) is 0 Å². The first kappa shape index (κ1) is 28.8. The van der Waals surface area contributed by atoms with Crippen molar-refractivity contribution in [1.29, 1.82) is 0 Å². The fraction of sp³-hybridized carbons (Fsp3) is 0.704. The molecule has 0 amide bonds. The fourth-order valence-electron chi connectivity index (χ4n) is 6.31. The van der Waals surface area contributed by atoms with Crippen LogP contribution in [0.25, 0.3) is 0 Å². The van der Waals surface area contributed by atoms with Crippen LogP contribution in [0, 0.1) is 17.3 Å². The summed E-state index contributed by atoms with van der Waals surface area (Å²) in [6.07, 6.45) is -0.927. The van der Waals surface area contributed by atoms with Crippen molar-refractivity contribution in [3.05, 3.63) is 23.8 Å². The highest BCUT2D eigenvalue weighted by atomic mass is 16.6. The maximum Gasteiger partial charge on any atom is 0.312 e. The lowest BCUT2D eigenvalue weighted by atomic mass is 9.55. The highest BCUT2D eigenvalue weighted by Crippen LogP contribution is 2.56. The smallest absolute Gasteiger partial charge is 0.312 e. The van der Waals surface area contributed by atoms with Gasteiger partial charge in [-0.05, 0) is 44.3 Å². The molecular weight excluding hydrogens is 484 g/mol. The van der Waals surface area contributed by atoms with Crippen molar-refractivity contribution in [1.82, 2.24) is 0 Å². The molecule has 10 heteroatoms. The Morgan fingerprint density at radius 3 is 2.11 bits per heavy atom. The first-order chi connectivity index (χ1) is 17.3. The van der Waals surface area contributed by atoms with E-state index in [2.05, 4.69) is 6.58 Å². The average Bonchev–Trinajstić information content (AvgIpc) is 3.00. The number of rotatable bonds is 5. The first-order valence-corrected chi connectivity index (χ1v) is 12.6. The summed E-state index contributed by atoms with van der Waals surface area (Å²) < 4.78 is 28.5. The van der Waals surface area contributed by atoms with Crippen molar-refractivity contribution in [3.63, 3.8) is 0 Å². The second-order valence-corrected chi connectivity index (χ2v) is 10.5.